The van der Waals surface area contributed by atoms with E-state index in [0.717, 1.165) is 16.8 Å². The van der Waals surface area contributed by atoms with E-state index in [4.69, 9.17) is 0 Å². The van der Waals surface area contributed by atoms with Crippen molar-refractivity contribution in [3.63, 3.8) is 0 Å². The molecule has 2 N–H and O–H groups in total. The van der Waals surface area contributed by atoms with Crippen molar-refractivity contribution in [2.75, 3.05) is 10.6 Å². The minimum absolute atomic E-state index is 0.106. The van der Waals surface area contributed by atoms with Gasteiger partial charge in [-0.1, -0.05) is 29.8 Å². The highest BCUT2D eigenvalue weighted by atomic mass is 19.1. The van der Waals surface area contributed by atoms with Gasteiger partial charge in [-0.15, -0.1) is 0 Å². The monoisotopic (exact) mass is 336 g/mol. The van der Waals surface area contributed by atoms with Crippen LogP contribution >= 0.6 is 0 Å². The van der Waals surface area contributed by atoms with Crippen LogP contribution < -0.4 is 10.6 Å². The van der Waals surface area contributed by atoms with Crippen LogP contribution in [0, 0.1) is 19.7 Å². The largest absolute Gasteiger partial charge is 0.340 e. The van der Waals surface area contributed by atoms with Gasteiger partial charge in [0.15, 0.2) is 0 Å². The molecule has 0 atom stereocenters. The number of benzene rings is 2. The molecule has 0 bridgehead atoms. The van der Waals surface area contributed by atoms with Crippen molar-refractivity contribution < 1.29 is 9.18 Å². The normalized spacial score (nSPS) is 10.4. The molecule has 1 heterocycles. The van der Waals surface area contributed by atoms with Crippen LogP contribution in [0.2, 0.25) is 0 Å². The lowest BCUT2D eigenvalue weighted by molar-refractivity contribution is 0.102. The van der Waals surface area contributed by atoms with Crippen molar-refractivity contribution in [2.24, 2.45) is 0 Å². The summed E-state index contributed by atoms with van der Waals surface area (Å²) in [7, 11) is 0. The minimum Gasteiger partial charge on any atom is -0.340 e. The highest BCUT2D eigenvalue weighted by Gasteiger charge is 2.12. The number of halogens is 1. The van der Waals surface area contributed by atoms with E-state index in [1.165, 1.54) is 24.5 Å². The fourth-order valence-corrected chi connectivity index (χ4v) is 2.39. The van der Waals surface area contributed by atoms with E-state index in [1.54, 1.807) is 12.1 Å². The van der Waals surface area contributed by atoms with Crippen molar-refractivity contribution in [3.8, 4) is 0 Å². The lowest BCUT2D eigenvalue weighted by Crippen LogP contribution is -2.15. The molecule has 0 fully saturated rings. The van der Waals surface area contributed by atoms with Crippen LogP contribution in [0.25, 0.3) is 0 Å². The van der Waals surface area contributed by atoms with Gasteiger partial charge in [-0.3, -0.25) is 4.79 Å². The zero-order valence-corrected chi connectivity index (χ0v) is 13.9. The smallest absolute Gasteiger partial charge is 0.274 e. The lowest BCUT2D eigenvalue weighted by atomic mass is 10.1. The van der Waals surface area contributed by atoms with Gasteiger partial charge in [0.2, 0.25) is 0 Å². The maximum Gasteiger partial charge on any atom is 0.274 e. The van der Waals surface area contributed by atoms with Crippen LogP contribution in [0.4, 0.5) is 21.6 Å². The second kappa shape index (κ2) is 7.09. The van der Waals surface area contributed by atoms with Crippen LogP contribution in [0.5, 0.6) is 0 Å². The molecule has 3 aromatic rings. The Morgan fingerprint density at radius 3 is 2.56 bits per heavy atom. The molecular weight excluding hydrogens is 319 g/mol. The van der Waals surface area contributed by atoms with Crippen LogP contribution in [0.15, 0.2) is 54.9 Å². The SMILES string of the molecule is Cc1ccc(Nc2cc(C(=O)Nc3ccccc3F)ncn2)c(C)c1. The van der Waals surface area contributed by atoms with Gasteiger partial charge in [-0.25, -0.2) is 14.4 Å². The molecule has 1 amide bonds. The van der Waals surface area contributed by atoms with Crippen LogP contribution in [-0.4, -0.2) is 15.9 Å². The minimum atomic E-state index is -0.504. The van der Waals surface area contributed by atoms with E-state index in [-0.39, 0.29) is 11.4 Å². The average Bonchev–Trinajstić information content (AvgIpc) is 2.60. The first-order valence-electron chi connectivity index (χ1n) is 7.75. The van der Waals surface area contributed by atoms with Gasteiger partial charge < -0.3 is 10.6 Å². The first-order valence-corrected chi connectivity index (χ1v) is 7.75. The van der Waals surface area contributed by atoms with Crippen molar-refractivity contribution >= 4 is 23.1 Å². The maximum atomic E-state index is 13.6. The van der Waals surface area contributed by atoms with E-state index in [1.807, 2.05) is 26.0 Å². The Morgan fingerprint density at radius 2 is 1.80 bits per heavy atom. The lowest BCUT2D eigenvalue weighted by Gasteiger charge is -2.10. The Balaban J connectivity index is 1.79. The summed E-state index contributed by atoms with van der Waals surface area (Å²) in [5, 5.41) is 5.67. The van der Waals surface area contributed by atoms with Crippen molar-refractivity contribution in [2.45, 2.75) is 13.8 Å². The Kier molecular flexibility index (Phi) is 4.70. The molecule has 126 valence electrons. The molecule has 0 radical (unpaired) electrons. The molecule has 0 unspecified atom stereocenters. The Bertz CT molecular complexity index is 927. The molecule has 25 heavy (non-hydrogen) atoms. The molecule has 5 nitrogen and oxygen atoms in total. The van der Waals surface area contributed by atoms with Gasteiger partial charge in [0.25, 0.3) is 5.91 Å². The van der Waals surface area contributed by atoms with Crippen LogP contribution in [0.3, 0.4) is 0 Å². The van der Waals surface area contributed by atoms with Crippen molar-refractivity contribution in [1.82, 2.24) is 9.97 Å². The zero-order chi connectivity index (χ0) is 17.8. The molecule has 0 aliphatic heterocycles. The summed E-state index contributed by atoms with van der Waals surface area (Å²) in [6, 6.07) is 13.5. The number of amides is 1. The third-order valence-corrected chi connectivity index (χ3v) is 3.67. The average molecular weight is 336 g/mol. The number of hydrogen-bond acceptors (Lipinski definition) is 4. The van der Waals surface area contributed by atoms with Crippen LogP contribution in [0.1, 0.15) is 21.6 Å². The Labute approximate surface area is 145 Å². The predicted molar refractivity (Wildman–Crippen MR) is 95.6 cm³/mol. The molecule has 0 saturated heterocycles. The molecule has 6 heteroatoms. The standard InChI is InChI=1S/C19H17FN4O/c1-12-7-8-15(13(2)9-12)23-18-10-17(21-11-22-18)19(25)24-16-6-4-3-5-14(16)20/h3-11H,1-2H3,(H,24,25)(H,21,22,23). The first kappa shape index (κ1) is 16.6. The number of aromatic nitrogens is 2. The molecule has 0 spiro atoms. The zero-order valence-electron chi connectivity index (χ0n) is 13.9. The molecule has 1 aromatic heterocycles. The third kappa shape index (κ3) is 3.98. The van der Waals surface area contributed by atoms with E-state index in [2.05, 4.69) is 26.7 Å². The first-order chi connectivity index (χ1) is 12.0. The summed E-state index contributed by atoms with van der Waals surface area (Å²) in [4.78, 5) is 20.4. The van der Waals surface area contributed by atoms with E-state index in [0.29, 0.717) is 5.82 Å². The molecular formula is C19H17FN4O. The van der Waals surface area contributed by atoms with Gasteiger partial charge in [0.05, 0.1) is 5.69 Å². The number of hydrogen-bond donors (Lipinski definition) is 2. The highest BCUT2D eigenvalue weighted by Crippen LogP contribution is 2.20. The molecule has 3 rings (SSSR count). The van der Waals surface area contributed by atoms with Gasteiger partial charge >= 0.3 is 0 Å². The Hall–Kier alpha value is -3.28. The van der Waals surface area contributed by atoms with Gasteiger partial charge in [0, 0.05) is 11.8 Å². The Morgan fingerprint density at radius 1 is 1.00 bits per heavy atom. The highest BCUT2D eigenvalue weighted by molar-refractivity contribution is 6.03. The number of carbonyl (C=O) groups is 1. The number of nitrogens with one attached hydrogen (secondary N) is 2. The number of rotatable bonds is 4. The van der Waals surface area contributed by atoms with E-state index in [9.17, 15) is 9.18 Å². The summed E-state index contributed by atoms with van der Waals surface area (Å²) < 4.78 is 13.6. The topological polar surface area (TPSA) is 66.9 Å². The summed E-state index contributed by atoms with van der Waals surface area (Å²) in [5.74, 6) is -0.518. The summed E-state index contributed by atoms with van der Waals surface area (Å²) in [5.41, 5.74) is 3.37. The summed E-state index contributed by atoms with van der Waals surface area (Å²) >= 11 is 0. The van der Waals surface area contributed by atoms with Gasteiger partial charge in [0.1, 0.15) is 23.7 Å². The van der Waals surface area contributed by atoms with E-state index < -0.39 is 11.7 Å². The number of para-hydroxylation sites is 1. The summed E-state index contributed by atoms with van der Waals surface area (Å²) in [6.07, 6.45) is 1.29. The van der Waals surface area contributed by atoms with Crippen molar-refractivity contribution in [3.05, 3.63) is 77.5 Å². The van der Waals surface area contributed by atoms with Gasteiger partial charge in [-0.05, 0) is 37.6 Å². The van der Waals surface area contributed by atoms with Gasteiger partial charge in [-0.2, -0.15) is 0 Å². The molecule has 2 aromatic carbocycles. The molecule has 0 aliphatic rings. The van der Waals surface area contributed by atoms with E-state index >= 15 is 0 Å². The number of nitrogens with zero attached hydrogens (tertiary/aromatic N) is 2. The number of anilines is 3. The maximum absolute atomic E-state index is 13.6. The predicted octanol–water partition coefficient (Wildman–Crippen LogP) is 4.23. The number of carbonyl (C=O) groups excluding carboxylic acids is 1. The summed E-state index contributed by atoms with van der Waals surface area (Å²) in [6.45, 7) is 4.01. The second-order valence-corrected chi connectivity index (χ2v) is 5.67. The quantitative estimate of drug-likeness (QED) is 0.748. The van der Waals surface area contributed by atoms with Crippen molar-refractivity contribution in [1.29, 1.82) is 0 Å². The molecule has 0 aliphatic carbocycles. The van der Waals surface area contributed by atoms with Crippen LogP contribution in [-0.2, 0) is 0 Å². The molecule has 0 saturated carbocycles. The fourth-order valence-electron chi connectivity index (χ4n) is 2.39. The third-order valence-electron chi connectivity index (χ3n) is 3.67. The number of aryl methyl sites for hydroxylation is 2. The fraction of sp³-hybridized carbons (Fsp3) is 0.105. The second-order valence-electron chi connectivity index (χ2n) is 5.67.